The largest absolute Gasteiger partial charge is 0.497 e. The van der Waals surface area contributed by atoms with Gasteiger partial charge in [0.1, 0.15) is 11.5 Å². The molecule has 0 aromatic heterocycles. The van der Waals surface area contributed by atoms with Crippen LogP contribution in [0, 0.1) is 5.92 Å². The second-order valence-corrected chi connectivity index (χ2v) is 8.55. The number of hydrogen-bond acceptors (Lipinski definition) is 4. The van der Waals surface area contributed by atoms with Gasteiger partial charge in [0, 0.05) is 31.7 Å². The van der Waals surface area contributed by atoms with Gasteiger partial charge in [0.25, 0.3) is 0 Å². The highest BCUT2D eigenvalue weighted by Gasteiger charge is 2.33. The zero-order valence-electron chi connectivity index (χ0n) is 19.4. The summed E-state index contributed by atoms with van der Waals surface area (Å²) in [5, 5.41) is 3.14. The molecule has 0 saturated carbocycles. The number of benzene rings is 3. The second kappa shape index (κ2) is 11.0. The number of likely N-dealkylation sites (tertiary alicyclic amines) is 1. The molecule has 0 unspecified atom stereocenters. The van der Waals surface area contributed by atoms with Gasteiger partial charge in [0.2, 0.25) is 5.91 Å². The molecule has 172 valence electrons. The van der Waals surface area contributed by atoms with Crippen molar-refractivity contribution in [1.29, 1.82) is 0 Å². The van der Waals surface area contributed by atoms with E-state index in [2.05, 4.69) is 34.5 Å². The molecule has 2 atom stereocenters. The first kappa shape index (κ1) is 22.9. The molecule has 1 fully saturated rings. The lowest BCUT2D eigenvalue weighted by Crippen LogP contribution is -2.44. The van der Waals surface area contributed by atoms with Gasteiger partial charge < -0.3 is 14.8 Å². The van der Waals surface area contributed by atoms with E-state index in [4.69, 9.17) is 9.47 Å². The van der Waals surface area contributed by atoms with Gasteiger partial charge in [-0.05, 0) is 41.7 Å². The summed E-state index contributed by atoms with van der Waals surface area (Å²) in [6.07, 6.45) is 1.81. The molecule has 4 rings (SSSR count). The van der Waals surface area contributed by atoms with Crippen LogP contribution in [0.15, 0.2) is 78.9 Å². The molecule has 3 aromatic carbocycles. The van der Waals surface area contributed by atoms with Gasteiger partial charge in [-0.2, -0.15) is 0 Å². The zero-order chi connectivity index (χ0) is 23.0. The van der Waals surface area contributed by atoms with Crippen molar-refractivity contribution in [3.8, 4) is 11.5 Å². The molecule has 0 radical (unpaired) electrons. The van der Waals surface area contributed by atoms with E-state index in [0.29, 0.717) is 13.1 Å². The van der Waals surface area contributed by atoms with Gasteiger partial charge in [-0.1, -0.05) is 60.7 Å². The minimum atomic E-state index is -0.0406. The molecule has 1 aliphatic heterocycles. The Balaban J connectivity index is 1.51. The van der Waals surface area contributed by atoms with Crippen molar-refractivity contribution >= 4 is 5.91 Å². The first-order valence-corrected chi connectivity index (χ1v) is 11.5. The Bertz CT molecular complexity index is 1020. The maximum atomic E-state index is 13.0. The summed E-state index contributed by atoms with van der Waals surface area (Å²) in [6.45, 7) is 1.99. The number of amides is 1. The third kappa shape index (κ3) is 5.93. The van der Waals surface area contributed by atoms with E-state index in [1.54, 1.807) is 14.2 Å². The number of carbonyl (C=O) groups excluding carboxylic acids is 1. The average molecular weight is 445 g/mol. The molecule has 0 spiro atoms. The molecule has 3 aromatic rings. The average Bonchev–Trinajstić information content (AvgIpc) is 2.88. The summed E-state index contributed by atoms with van der Waals surface area (Å²) in [7, 11) is 3.33. The molecule has 33 heavy (non-hydrogen) atoms. The summed E-state index contributed by atoms with van der Waals surface area (Å²) in [4.78, 5) is 15.5. The van der Waals surface area contributed by atoms with Crippen molar-refractivity contribution in [2.75, 3.05) is 20.8 Å². The van der Waals surface area contributed by atoms with Crippen LogP contribution in [0.4, 0.5) is 0 Å². The van der Waals surface area contributed by atoms with Crippen LogP contribution >= 0.6 is 0 Å². The third-order valence-corrected chi connectivity index (χ3v) is 6.35. The van der Waals surface area contributed by atoms with Gasteiger partial charge in [-0.25, -0.2) is 0 Å². The number of carbonyl (C=O) groups is 1. The Kier molecular flexibility index (Phi) is 7.63. The van der Waals surface area contributed by atoms with Crippen LogP contribution in [-0.2, 0) is 17.9 Å². The van der Waals surface area contributed by atoms with E-state index >= 15 is 0 Å². The van der Waals surface area contributed by atoms with Crippen LogP contribution in [0.5, 0.6) is 11.5 Å². The number of hydrogen-bond donors (Lipinski definition) is 1. The number of ether oxygens (including phenoxy) is 2. The lowest BCUT2D eigenvalue weighted by atomic mass is 9.88. The first-order valence-electron chi connectivity index (χ1n) is 11.5. The van der Waals surface area contributed by atoms with Crippen LogP contribution in [-0.4, -0.2) is 31.6 Å². The summed E-state index contributed by atoms with van der Waals surface area (Å²) >= 11 is 0. The predicted molar refractivity (Wildman–Crippen MR) is 130 cm³/mol. The Morgan fingerprint density at radius 3 is 2.15 bits per heavy atom. The zero-order valence-corrected chi connectivity index (χ0v) is 19.4. The molecule has 1 aliphatic rings. The molecular formula is C28H32N2O3. The fourth-order valence-electron chi connectivity index (χ4n) is 4.61. The normalized spacial score (nSPS) is 18.5. The highest BCUT2D eigenvalue weighted by Crippen LogP contribution is 2.35. The predicted octanol–water partition coefficient (Wildman–Crippen LogP) is 4.97. The molecule has 0 bridgehead atoms. The van der Waals surface area contributed by atoms with Gasteiger partial charge >= 0.3 is 0 Å². The van der Waals surface area contributed by atoms with Crippen LogP contribution in [0.2, 0.25) is 0 Å². The van der Waals surface area contributed by atoms with Crippen LogP contribution < -0.4 is 14.8 Å². The first-order chi connectivity index (χ1) is 16.2. The number of nitrogens with one attached hydrogen (secondary N) is 1. The molecule has 5 heteroatoms. The number of rotatable bonds is 8. The minimum absolute atomic E-state index is 0.0406. The fourth-order valence-corrected chi connectivity index (χ4v) is 4.61. The van der Waals surface area contributed by atoms with Crippen LogP contribution in [0.25, 0.3) is 0 Å². The van der Waals surface area contributed by atoms with Crippen molar-refractivity contribution in [1.82, 2.24) is 10.2 Å². The maximum absolute atomic E-state index is 13.0. The molecular weight excluding hydrogens is 412 g/mol. The maximum Gasteiger partial charge on any atom is 0.224 e. The van der Waals surface area contributed by atoms with Crippen molar-refractivity contribution < 1.29 is 14.3 Å². The third-order valence-electron chi connectivity index (χ3n) is 6.35. The lowest BCUT2D eigenvalue weighted by molar-refractivity contribution is -0.127. The Hall–Kier alpha value is -3.31. The van der Waals surface area contributed by atoms with Crippen molar-refractivity contribution in [2.45, 2.75) is 32.0 Å². The van der Waals surface area contributed by atoms with E-state index in [1.807, 2.05) is 54.6 Å². The summed E-state index contributed by atoms with van der Waals surface area (Å²) in [5.74, 6) is 1.63. The van der Waals surface area contributed by atoms with E-state index in [9.17, 15) is 4.79 Å². The van der Waals surface area contributed by atoms with E-state index in [1.165, 1.54) is 5.56 Å². The number of methoxy groups -OCH3 is 2. The number of piperidine rings is 1. The van der Waals surface area contributed by atoms with Gasteiger partial charge in [0.05, 0.1) is 20.1 Å². The quantitative estimate of drug-likeness (QED) is 0.533. The molecule has 1 amide bonds. The lowest BCUT2D eigenvalue weighted by Gasteiger charge is -2.39. The van der Waals surface area contributed by atoms with Crippen molar-refractivity contribution in [2.24, 2.45) is 5.92 Å². The summed E-state index contributed by atoms with van der Waals surface area (Å²) in [6, 6.07) is 26.9. The summed E-state index contributed by atoms with van der Waals surface area (Å²) in [5.41, 5.74) is 3.51. The van der Waals surface area contributed by atoms with Gasteiger partial charge in [0.15, 0.2) is 0 Å². The Morgan fingerprint density at radius 2 is 1.52 bits per heavy atom. The van der Waals surface area contributed by atoms with Gasteiger partial charge in [-0.3, -0.25) is 9.69 Å². The smallest absolute Gasteiger partial charge is 0.224 e. The second-order valence-electron chi connectivity index (χ2n) is 8.55. The van der Waals surface area contributed by atoms with Crippen LogP contribution in [0.3, 0.4) is 0 Å². The topological polar surface area (TPSA) is 50.8 Å². The minimum Gasteiger partial charge on any atom is -0.497 e. The van der Waals surface area contributed by atoms with E-state index in [0.717, 1.165) is 42.0 Å². The SMILES string of the molecule is COc1cc(CN2C[C@H](C(=O)NCc3ccccc3)CC[C@H]2c2ccccc2)cc(OC)c1. The highest BCUT2D eigenvalue weighted by atomic mass is 16.5. The Morgan fingerprint density at radius 1 is 0.879 bits per heavy atom. The summed E-state index contributed by atoms with van der Waals surface area (Å²) < 4.78 is 10.9. The monoisotopic (exact) mass is 444 g/mol. The highest BCUT2D eigenvalue weighted by molar-refractivity contribution is 5.79. The molecule has 1 saturated heterocycles. The molecule has 5 nitrogen and oxygen atoms in total. The number of nitrogens with zero attached hydrogens (tertiary/aromatic N) is 1. The van der Waals surface area contributed by atoms with E-state index < -0.39 is 0 Å². The van der Waals surface area contributed by atoms with Crippen LogP contribution in [0.1, 0.15) is 35.6 Å². The Labute approximate surface area is 196 Å². The molecule has 1 N–H and O–H groups in total. The van der Waals surface area contributed by atoms with Crippen molar-refractivity contribution in [3.05, 3.63) is 95.6 Å². The van der Waals surface area contributed by atoms with E-state index in [-0.39, 0.29) is 17.9 Å². The van der Waals surface area contributed by atoms with Crippen molar-refractivity contribution in [3.63, 3.8) is 0 Å². The molecule has 1 heterocycles. The molecule has 0 aliphatic carbocycles. The van der Waals surface area contributed by atoms with Gasteiger partial charge in [-0.15, -0.1) is 0 Å². The standard InChI is InChI=1S/C28H32N2O3/c1-32-25-15-22(16-26(17-25)33-2)19-30-20-24(13-14-27(30)23-11-7-4-8-12-23)28(31)29-18-21-9-5-3-6-10-21/h3-12,15-17,24,27H,13-14,18-20H2,1-2H3,(H,29,31)/t24-,27+/m1/s1. The fraction of sp³-hybridized carbons (Fsp3) is 0.321.